The fraction of sp³-hybridized carbons (Fsp3) is 0.385. The number of methoxy groups -OCH3 is 1. The largest absolute Gasteiger partial charge is 0.507 e. The highest BCUT2D eigenvalue weighted by atomic mass is 35.5. The summed E-state index contributed by atoms with van der Waals surface area (Å²) in [6.07, 6.45) is 0. The molecule has 0 saturated carbocycles. The van der Waals surface area contributed by atoms with E-state index in [1.165, 1.54) is 18.1 Å². The van der Waals surface area contributed by atoms with Gasteiger partial charge in [0.05, 0.1) is 37.5 Å². The van der Waals surface area contributed by atoms with Crippen molar-refractivity contribution in [2.75, 3.05) is 47.5 Å². The number of carbonyl (C=O) groups excluding carboxylic acids is 2. The molecule has 188 valence electrons. The van der Waals surface area contributed by atoms with E-state index in [4.69, 9.17) is 25.8 Å². The summed E-state index contributed by atoms with van der Waals surface area (Å²) in [4.78, 5) is 29.8. The fourth-order valence-electron chi connectivity index (χ4n) is 4.01. The van der Waals surface area contributed by atoms with Crippen LogP contribution in [0.1, 0.15) is 31.0 Å². The minimum Gasteiger partial charge on any atom is -0.507 e. The van der Waals surface area contributed by atoms with Gasteiger partial charge in [0.25, 0.3) is 11.7 Å². The predicted octanol–water partition coefficient (Wildman–Crippen LogP) is 4.13. The Morgan fingerprint density at radius 2 is 1.69 bits per heavy atom. The molecule has 1 N–H and O–H groups in total. The van der Waals surface area contributed by atoms with Crippen molar-refractivity contribution in [2.24, 2.45) is 0 Å². The second-order valence-electron chi connectivity index (χ2n) is 8.21. The summed E-state index contributed by atoms with van der Waals surface area (Å²) in [7, 11) is 5.22. The molecule has 0 bridgehead atoms. The van der Waals surface area contributed by atoms with Crippen molar-refractivity contribution < 1.29 is 28.9 Å². The Morgan fingerprint density at radius 1 is 1.03 bits per heavy atom. The molecule has 1 atom stereocenters. The summed E-state index contributed by atoms with van der Waals surface area (Å²) in [5.74, 6) is -0.449. The minimum absolute atomic E-state index is 0.0408. The summed E-state index contributed by atoms with van der Waals surface area (Å²) in [6, 6.07) is 9.14. The number of nitrogens with zero attached hydrogens (tertiary/aromatic N) is 2. The lowest BCUT2D eigenvalue weighted by molar-refractivity contribution is -0.140. The first-order chi connectivity index (χ1) is 16.7. The third-order valence-corrected chi connectivity index (χ3v) is 5.86. The molecule has 9 heteroatoms. The van der Waals surface area contributed by atoms with Crippen molar-refractivity contribution in [1.29, 1.82) is 0 Å². The molecule has 1 fully saturated rings. The lowest BCUT2D eigenvalue weighted by Crippen LogP contribution is -2.35. The molecule has 2 aromatic carbocycles. The SMILES string of the molecule is CCOc1ccc(C2/C(=C(\O)c3cc(Cl)ccc3OC)C(=O)C(=O)N2CCN(C)C)cc1OCC. The molecule has 35 heavy (non-hydrogen) atoms. The molecule has 1 amide bonds. The van der Waals surface area contributed by atoms with Crippen LogP contribution in [-0.4, -0.2) is 74.1 Å². The van der Waals surface area contributed by atoms with Crippen LogP contribution >= 0.6 is 11.6 Å². The van der Waals surface area contributed by atoms with Crippen LogP contribution in [0.25, 0.3) is 5.76 Å². The van der Waals surface area contributed by atoms with Crippen LogP contribution in [-0.2, 0) is 9.59 Å². The second kappa shape index (κ2) is 11.5. The number of hydrogen-bond donors (Lipinski definition) is 1. The molecule has 0 spiro atoms. The molecular formula is C26H31ClN2O6. The maximum atomic E-state index is 13.3. The Morgan fingerprint density at radius 3 is 2.31 bits per heavy atom. The number of rotatable bonds is 10. The van der Waals surface area contributed by atoms with Crippen molar-refractivity contribution in [3.8, 4) is 17.2 Å². The van der Waals surface area contributed by atoms with Gasteiger partial charge in [-0.2, -0.15) is 0 Å². The van der Waals surface area contributed by atoms with Crippen LogP contribution < -0.4 is 14.2 Å². The average molecular weight is 503 g/mol. The number of ether oxygens (including phenoxy) is 3. The van der Waals surface area contributed by atoms with Gasteiger partial charge in [-0.3, -0.25) is 9.59 Å². The molecule has 1 saturated heterocycles. The molecule has 1 aliphatic heterocycles. The number of carbonyl (C=O) groups is 2. The lowest BCUT2D eigenvalue weighted by Gasteiger charge is -2.27. The van der Waals surface area contributed by atoms with Gasteiger partial charge in [-0.05, 0) is 63.8 Å². The summed E-state index contributed by atoms with van der Waals surface area (Å²) in [5, 5.41) is 11.7. The van der Waals surface area contributed by atoms with Crippen LogP contribution in [0.4, 0.5) is 0 Å². The maximum absolute atomic E-state index is 13.3. The van der Waals surface area contributed by atoms with Crippen LogP contribution in [0, 0.1) is 0 Å². The Hall–Kier alpha value is -3.23. The number of Topliss-reactive ketones (excluding diaryl/α,β-unsaturated/α-hetero) is 1. The maximum Gasteiger partial charge on any atom is 0.295 e. The first-order valence-corrected chi connectivity index (χ1v) is 11.8. The zero-order chi connectivity index (χ0) is 25.7. The Kier molecular flexibility index (Phi) is 8.64. The van der Waals surface area contributed by atoms with Gasteiger partial charge in [-0.1, -0.05) is 17.7 Å². The van der Waals surface area contributed by atoms with Crippen LogP contribution in [0.5, 0.6) is 17.2 Å². The molecular weight excluding hydrogens is 472 g/mol. The summed E-state index contributed by atoms with van der Waals surface area (Å²) in [6.45, 7) is 5.40. The van der Waals surface area contributed by atoms with Crippen molar-refractivity contribution in [1.82, 2.24) is 9.80 Å². The van der Waals surface area contributed by atoms with Crippen molar-refractivity contribution in [2.45, 2.75) is 19.9 Å². The standard InChI is InChI=1S/C26H31ClN2O6/c1-6-34-20-10-8-16(14-21(20)35-7-2)23-22(25(31)26(32)29(23)13-12-28(3)4)24(30)18-15-17(27)9-11-19(18)33-5/h8-11,14-15,23,30H,6-7,12-13H2,1-5H3/b24-22+. The van der Waals surface area contributed by atoms with Gasteiger partial charge in [-0.25, -0.2) is 0 Å². The highest BCUT2D eigenvalue weighted by Gasteiger charge is 2.46. The van der Waals surface area contributed by atoms with E-state index < -0.39 is 17.7 Å². The quantitative estimate of drug-likeness (QED) is 0.297. The van der Waals surface area contributed by atoms with Gasteiger partial charge in [0.2, 0.25) is 0 Å². The lowest BCUT2D eigenvalue weighted by atomic mass is 9.94. The number of halogens is 1. The molecule has 0 radical (unpaired) electrons. The second-order valence-corrected chi connectivity index (χ2v) is 8.65. The van der Waals surface area contributed by atoms with E-state index in [9.17, 15) is 14.7 Å². The number of amides is 1. The fourth-order valence-corrected chi connectivity index (χ4v) is 4.19. The van der Waals surface area contributed by atoms with Gasteiger partial charge < -0.3 is 29.1 Å². The van der Waals surface area contributed by atoms with E-state index >= 15 is 0 Å². The third kappa shape index (κ3) is 5.55. The van der Waals surface area contributed by atoms with Crippen LogP contribution in [0.2, 0.25) is 5.02 Å². The Bertz CT molecular complexity index is 1130. The molecule has 0 aromatic heterocycles. The smallest absolute Gasteiger partial charge is 0.295 e. The molecule has 1 unspecified atom stereocenters. The molecule has 0 aliphatic carbocycles. The topological polar surface area (TPSA) is 88.5 Å². The predicted molar refractivity (Wildman–Crippen MR) is 134 cm³/mol. The number of ketones is 1. The summed E-state index contributed by atoms with van der Waals surface area (Å²) < 4.78 is 16.8. The first-order valence-electron chi connectivity index (χ1n) is 11.4. The van der Waals surface area contributed by atoms with E-state index in [1.54, 1.807) is 30.3 Å². The number of likely N-dealkylation sites (tertiary alicyclic amines) is 1. The van der Waals surface area contributed by atoms with E-state index in [-0.39, 0.29) is 23.4 Å². The highest BCUT2D eigenvalue weighted by Crippen LogP contribution is 2.43. The van der Waals surface area contributed by atoms with Gasteiger partial charge >= 0.3 is 0 Å². The van der Waals surface area contributed by atoms with Gasteiger partial charge in [0.15, 0.2) is 11.5 Å². The van der Waals surface area contributed by atoms with Crippen molar-refractivity contribution in [3.05, 3.63) is 58.1 Å². The Balaban J connectivity index is 2.24. The minimum atomic E-state index is -0.839. The average Bonchev–Trinajstić information content (AvgIpc) is 3.08. The number of likely N-dealkylation sites (N-methyl/N-ethyl adjacent to an activating group) is 1. The van der Waals surface area contributed by atoms with Crippen LogP contribution in [0.3, 0.4) is 0 Å². The zero-order valence-electron chi connectivity index (χ0n) is 20.6. The summed E-state index contributed by atoms with van der Waals surface area (Å²) in [5.41, 5.74) is 0.796. The number of benzene rings is 2. The third-order valence-electron chi connectivity index (χ3n) is 5.63. The summed E-state index contributed by atoms with van der Waals surface area (Å²) >= 11 is 6.17. The molecule has 2 aromatic rings. The van der Waals surface area contributed by atoms with E-state index in [0.29, 0.717) is 47.6 Å². The molecule has 8 nitrogen and oxygen atoms in total. The number of aliphatic hydroxyl groups excluding tert-OH is 1. The van der Waals surface area contributed by atoms with Crippen LogP contribution in [0.15, 0.2) is 42.0 Å². The van der Waals surface area contributed by atoms with E-state index in [2.05, 4.69) is 0 Å². The highest BCUT2D eigenvalue weighted by molar-refractivity contribution is 6.46. The van der Waals surface area contributed by atoms with Crippen molar-refractivity contribution in [3.63, 3.8) is 0 Å². The molecule has 3 rings (SSSR count). The zero-order valence-corrected chi connectivity index (χ0v) is 21.4. The number of aliphatic hydroxyl groups is 1. The van der Waals surface area contributed by atoms with Gasteiger partial charge in [0, 0.05) is 18.1 Å². The molecule has 1 aliphatic rings. The first kappa shape index (κ1) is 26.4. The van der Waals surface area contributed by atoms with Gasteiger partial charge in [0.1, 0.15) is 11.5 Å². The van der Waals surface area contributed by atoms with E-state index in [1.807, 2.05) is 32.8 Å². The molecule has 1 heterocycles. The van der Waals surface area contributed by atoms with E-state index in [0.717, 1.165) is 0 Å². The van der Waals surface area contributed by atoms with Crippen molar-refractivity contribution >= 4 is 29.1 Å². The van der Waals surface area contributed by atoms with Gasteiger partial charge in [-0.15, -0.1) is 0 Å². The normalized spacial score (nSPS) is 17.2. The number of hydrogen-bond acceptors (Lipinski definition) is 7. The Labute approximate surface area is 210 Å². The monoisotopic (exact) mass is 502 g/mol.